The van der Waals surface area contributed by atoms with Crippen molar-refractivity contribution in [3.63, 3.8) is 0 Å². The normalized spacial score (nSPS) is 10.8. The molecular weight excluding hydrogens is 514 g/mol. The van der Waals surface area contributed by atoms with Crippen LogP contribution in [0, 0.1) is 6.92 Å². The molecule has 0 aliphatic carbocycles. The number of carbonyl (C=O) groups excluding carboxylic acids is 3. The minimum absolute atomic E-state index is 0.0299. The lowest BCUT2D eigenvalue weighted by atomic mass is 9.98. The number of carbonyl (C=O) groups is 3. The molecule has 0 spiro atoms. The first-order valence-corrected chi connectivity index (χ1v) is 14.1. The number of amides is 2. The van der Waals surface area contributed by atoms with E-state index in [0.717, 1.165) is 43.5 Å². The summed E-state index contributed by atoms with van der Waals surface area (Å²) in [6, 6.07) is 24.2. The summed E-state index contributed by atoms with van der Waals surface area (Å²) >= 11 is 0. The lowest BCUT2D eigenvalue weighted by Crippen LogP contribution is -2.26. The molecular formula is C34H37N3O4. The Morgan fingerprint density at radius 1 is 0.878 bits per heavy atom. The van der Waals surface area contributed by atoms with E-state index in [1.165, 1.54) is 17.5 Å². The maximum atomic E-state index is 13.1. The fourth-order valence-corrected chi connectivity index (χ4v) is 4.92. The van der Waals surface area contributed by atoms with E-state index in [0.29, 0.717) is 29.7 Å². The van der Waals surface area contributed by atoms with Gasteiger partial charge in [0.15, 0.2) is 11.5 Å². The number of ketones is 1. The van der Waals surface area contributed by atoms with Gasteiger partial charge in [-0.05, 0) is 85.7 Å². The summed E-state index contributed by atoms with van der Waals surface area (Å²) in [5.41, 5.74) is 11.3. The molecule has 3 N–H and O–H groups in total. The lowest BCUT2D eigenvalue weighted by Gasteiger charge is -2.26. The maximum absolute atomic E-state index is 13.1. The number of hydrogen-bond acceptors (Lipinski definition) is 5. The van der Waals surface area contributed by atoms with E-state index >= 15 is 0 Å². The third kappa shape index (κ3) is 7.94. The molecule has 0 bridgehead atoms. The molecule has 2 amide bonds. The fraction of sp³-hybridized carbons (Fsp3) is 0.265. The van der Waals surface area contributed by atoms with Crippen molar-refractivity contribution in [2.75, 3.05) is 23.3 Å². The summed E-state index contributed by atoms with van der Waals surface area (Å²) in [4.78, 5) is 39.7. The molecule has 0 saturated heterocycles. The molecule has 0 aliphatic rings. The smallest absolute Gasteiger partial charge is 0.291 e. The Labute approximate surface area is 241 Å². The quantitative estimate of drug-likeness (QED) is 0.172. The van der Waals surface area contributed by atoms with Crippen LogP contribution >= 0.6 is 0 Å². The Kier molecular flexibility index (Phi) is 10.1. The molecule has 0 fully saturated rings. The number of primary amides is 1. The van der Waals surface area contributed by atoms with Crippen LogP contribution in [0.4, 0.5) is 11.4 Å². The average Bonchev–Trinajstić information content (AvgIpc) is 3.52. The number of rotatable bonds is 14. The van der Waals surface area contributed by atoms with Crippen LogP contribution < -0.4 is 16.0 Å². The summed E-state index contributed by atoms with van der Waals surface area (Å²) in [7, 11) is 0. The van der Waals surface area contributed by atoms with Gasteiger partial charge in [-0.3, -0.25) is 14.4 Å². The predicted octanol–water partition coefficient (Wildman–Crippen LogP) is 6.60. The number of nitrogens with two attached hydrogens (primary N) is 1. The molecule has 212 valence electrons. The van der Waals surface area contributed by atoms with Crippen molar-refractivity contribution in [3.05, 3.63) is 119 Å². The van der Waals surface area contributed by atoms with E-state index in [9.17, 15) is 14.4 Å². The van der Waals surface area contributed by atoms with Crippen LogP contribution in [-0.4, -0.2) is 30.7 Å². The highest BCUT2D eigenvalue weighted by molar-refractivity contribution is 6.04. The van der Waals surface area contributed by atoms with E-state index in [4.69, 9.17) is 10.2 Å². The second-order valence-electron chi connectivity index (χ2n) is 10.2. The van der Waals surface area contributed by atoms with Crippen molar-refractivity contribution >= 4 is 29.0 Å². The highest BCUT2D eigenvalue weighted by Crippen LogP contribution is 2.24. The highest BCUT2D eigenvalue weighted by Gasteiger charge is 2.16. The van der Waals surface area contributed by atoms with Crippen LogP contribution in [0.5, 0.6) is 0 Å². The van der Waals surface area contributed by atoms with Gasteiger partial charge < -0.3 is 20.4 Å². The summed E-state index contributed by atoms with van der Waals surface area (Å²) in [5.74, 6) is -0.661. The molecule has 0 aliphatic heterocycles. The first-order chi connectivity index (χ1) is 19.9. The molecule has 0 atom stereocenters. The van der Waals surface area contributed by atoms with Gasteiger partial charge in [0.1, 0.15) is 0 Å². The second-order valence-corrected chi connectivity index (χ2v) is 10.2. The minimum atomic E-state index is -0.481. The van der Waals surface area contributed by atoms with Crippen LogP contribution in [0.2, 0.25) is 0 Å². The highest BCUT2D eigenvalue weighted by atomic mass is 16.3. The number of Topliss-reactive ketones (excluding diaryl/α,β-unsaturated/α-hetero) is 1. The molecule has 3 aromatic carbocycles. The number of nitrogens with zero attached hydrogens (tertiary/aromatic N) is 1. The summed E-state index contributed by atoms with van der Waals surface area (Å²) in [5, 5.41) is 2.96. The molecule has 0 unspecified atom stereocenters. The third-order valence-electron chi connectivity index (χ3n) is 7.13. The van der Waals surface area contributed by atoms with Crippen LogP contribution in [0.25, 0.3) is 0 Å². The molecule has 4 aromatic rings. The average molecular weight is 552 g/mol. The summed E-state index contributed by atoms with van der Waals surface area (Å²) in [6.07, 6.45) is 4.95. The van der Waals surface area contributed by atoms with Crippen LogP contribution in [0.15, 0.2) is 89.5 Å². The Morgan fingerprint density at radius 3 is 2.32 bits per heavy atom. The summed E-state index contributed by atoms with van der Waals surface area (Å²) in [6.45, 7) is 6.15. The number of para-hydroxylation sites is 1. The Morgan fingerprint density at radius 2 is 1.63 bits per heavy atom. The van der Waals surface area contributed by atoms with E-state index in [-0.39, 0.29) is 17.5 Å². The molecule has 1 heterocycles. The van der Waals surface area contributed by atoms with E-state index in [1.54, 1.807) is 30.3 Å². The van der Waals surface area contributed by atoms with Crippen LogP contribution in [-0.2, 0) is 12.8 Å². The van der Waals surface area contributed by atoms with Crippen molar-refractivity contribution in [1.82, 2.24) is 0 Å². The number of nitrogens with one attached hydrogen (secondary N) is 1. The van der Waals surface area contributed by atoms with Gasteiger partial charge in [-0.15, -0.1) is 0 Å². The standard InChI is InChI=1S/C34H37N3O4/c1-3-20-37(30-10-5-4-8-24(30)2)21-6-9-26-17-18-28(23-29(26)36-34(40)32-11-7-22-41-32)31(38)19-14-25-12-15-27(16-13-25)33(35)39/h4-5,7-8,10-13,15-18,22-23H,3,6,9,14,19-21H2,1-2H3,(H2,35,39)(H,36,40). The van der Waals surface area contributed by atoms with Gasteiger partial charge >= 0.3 is 0 Å². The number of benzene rings is 3. The zero-order valence-corrected chi connectivity index (χ0v) is 23.7. The molecule has 7 heteroatoms. The predicted molar refractivity (Wildman–Crippen MR) is 163 cm³/mol. The van der Waals surface area contributed by atoms with E-state index < -0.39 is 5.91 Å². The molecule has 1 aromatic heterocycles. The SMILES string of the molecule is CCCN(CCCc1ccc(C(=O)CCc2ccc(C(N)=O)cc2)cc1NC(=O)c1ccco1)c1ccccc1C. The van der Waals surface area contributed by atoms with Gasteiger partial charge in [-0.25, -0.2) is 0 Å². The Bertz CT molecular complexity index is 1480. The lowest BCUT2D eigenvalue weighted by molar-refractivity contribution is 0.0976. The maximum Gasteiger partial charge on any atom is 0.291 e. The molecule has 41 heavy (non-hydrogen) atoms. The number of hydrogen-bond donors (Lipinski definition) is 2. The fourth-order valence-electron chi connectivity index (χ4n) is 4.92. The number of furan rings is 1. The zero-order valence-electron chi connectivity index (χ0n) is 23.7. The first-order valence-electron chi connectivity index (χ1n) is 14.1. The first kappa shape index (κ1) is 29.3. The molecule has 0 saturated carbocycles. The van der Waals surface area contributed by atoms with Gasteiger partial charge in [0.05, 0.1) is 6.26 Å². The minimum Gasteiger partial charge on any atom is -0.459 e. The van der Waals surface area contributed by atoms with Crippen molar-refractivity contribution in [2.24, 2.45) is 5.73 Å². The van der Waals surface area contributed by atoms with E-state index in [2.05, 4.69) is 48.3 Å². The van der Waals surface area contributed by atoms with Crippen molar-refractivity contribution in [2.45, 2.75) is 46.0 Å². The largest absolute Gasteiger partial charge is 0.459 e. The Hall–Kier alpha value is -4.65. The Balaban J connectivity index is 1.47. The van der Waals surface area contributed by atoms with Crippen LogP contribution in [0.1, 0.15) is 74.1 Å². The summed E-state index contributed by atoms with van der Waals surface area (Å²) < 4.78 is 5.28. The van der Waals surface area contributed by atoms with Crippen molar-refractivity contribution < 1.29 is 18.8 Å². The topological polar surface area (TPSA) is 106 Å². The van der Waals surface area contributed by atoms with Crippen molar-refractivity contribution in [3.8, 4) is 0 Å². The zero-order chi connectivity index (χ0) is 29.2. The van der Waals surface area contributed by atoms with Crippen LogP contribution in [0.3, 0.4) is 0 Å². The van der Waals surface area contributed by atoms with Gasteiger partial charge in [-0.1, -0.05) is 49.4 Å². The monoisotopic (exact) mass is 551 g/mol. The number of anilines is 2. The molecule has 4 rings (SSSR count). The number of aryl methyl sites for hydroxylation is 3. The van der Waals surface area contributed by atoms with E-state index in [1.807, 2.05) is 24.3 Å². The van der Waals surface area contributed by atoms with Crippen molar-refractivity contribution in [1.29, 1.82) is 0 Å². The van der Waals surface area contributed by atoms with Gasteiger partial charge in [0.2, 0.25) is 5.91 Å². The third-order valence-corrected chi connectivity index (χ3v) is 7.13. The second kappa shape index (κ2) is 14.1. The molecule has 7 nitrogen and oxygen atoms in total. The van der Waals surface area contributed by atoms with Gasteiger partial charge in [-0.2, -0.15) is 0 Å². The van der Waals surface area contributed by atoms with Gasteiger partial charge in [0, 0.05) is 42.0 Å². The molecule has 0 radical (unpaired) electrons. The van der Waals surface area contributed by atoms with Gasteiger partial charge in [0.25, 0.3) is 5.91 Å².